The minimum Gasteiger partial charge on any atom is -0.464 e. The molecule has 0 spiro atoms. The van der Waals surface area contributed by atoms with E-state index in [2.05, 4.69) is 4.98 Å². The fourth-order valence-corrected chi connectivity index (χ4v) is 3.32. The smallest absolute Gasteiger partial charge is 0.332 e. The molecule has 0 saturated carbocycles. The second kappa shape index (κ2) is 9.43. The summed E-state index contributed by atoms with van der Waals surface area (Å²) in [6.07, 6.45) is 5.88. The first-order chi connectivity index (χ1) is 12.5. The number of hydrogen-bond acceptors (Lipinski definition) is 6. The molecule has 1 fully saturated rings. The van der Waals surface area contributed by atoms with E-state index in [1.165, 1.54) is 5.01 Å². The number of amides is 1. The van der Waals surface area contributed by atoms with Crippen LogP contribution in [0.25, 0.3) is 0 Å². The Morgan fingerprint density at radius 1 is 1.23 bits per heavy atom. The van der Waals surface area contributed by atoms with E-state index in [0.717, 1.165) is 6.42 Å². The van der Waals surface area contributed by atoms with Gasteiger partial charge in [0.1, 0.15) is 0 Å². The van der Waals surface area contributed by atoms with Crippen molar-refractivity contribution in [2.75, 3.05) is 11.6 Å². The molecule has 2 heterocycles. The average molecular weight is 361 g/mol. The van der Waals surface area contributed by atoms with Crippen molar-refractivity contribution in [1.82, 2.24) is 9.99 Å². The number of nitrogens with zero attached hydrogens (tertiary/aromatic N) is 3. The third-order valence-corrected chi connectivity index (χ3v) is 4.36. The number of anilines is 1. The highest BCUT2D eigenvalue weighted by atomic mass is 16.5. The summed E-state index contributed by atoms with van der Waals surface area (Å²) in [5, 5.41) is 3.09. The lowest BCUT2D eigenvalue weighted by atomic mass is 10.0. The molecule has 1 amide bonds. The highest BCUT2D eigenvalue weighted by Crippen LogP contribution is 2.32. The first kappa shape index (κ1) is 20.0. The first-order valence-corrected chi connectivity index (χ1v) is 9.25. The Morgan fingerprint density at radius 3 is 2.50 bits per heavy atom. The number of aromatic nitrogens is 1. The minimum atomic E-state index is -1.11. The van der Waals surface area contributed by atoms with Crippen molar-refractivity contribution in [1.29, 1.82) is 0 Å². The Morgan fingerprint density at radius 2 is 1.92 bits per heavy atom. The van der Waals surface area contributed by atoms with Crippen molar-refractivity contribution in [3.63, 3.8) is 0 Å². The van der Waals surface area contributed by atoms with Crippen LogP contribution in [0, 0.1) is 0 Å². The zero-order valence-electron chi connectivity index (χ0n) is 15.7. The van der Waals surface area contributed by atoms with Gasteiger partial charge in [-0.25, -0.2) is 9.80 Å². The summed E-state index contributed by atoms with van der Waals surface area (Å²) in [4.78, 5) is 42.1. The number of rotatable bonds is 9. The van der Waals surface area contributed by atoms with E-state index in [4.69, 9.17) is 4.74 Å². The van der Waals surface area contributed by atoms with Crippen molar-refractivity contribution in [2.24, 2.45) is 0 Å². The highest BCUT2D eigenvalue weighted by Gasteiger charge is 2.47. The summed E-state index contributed by atoms with van der Waals surface area (Å²) in [6, 6.07) is 2.08. The molecule has 2 atom stereocenters. The zero-order valence-corrected chi connectivity index (χ0v) is 15.7. The third-order valence-electron chi connectivity index (χ3n) is 4.36. The fourth-order valence-electron chi connectivity index (χ4n) is 3.32. The van der Waals surface area contributed by atoms with Crippen molar-refractivity contribution in [3.8, 4) is 0 Å². The molecule has 7 heteroatoms. The first-order valence-electron chi connectivity index (χ1n) is 9.25. The van der Waals surface area contributed by atoms with Gasteiger partial charge in [0.05, 0.1) is 12.3 Å². The predicted octanol–water partition coefficient (Wildman–Crippen LogP) is 2.50. The van der Waals surface area contributed by atoms with E-state index in [0.29, 0.717) is 18.5 Å². The van der Waals surface area contributed by atoms with Gasteiger partial charge in [0.15, 0.2) is 11.8 Å². The Bertz CT molecular complexity index is 617. The quantitative estimate of drug-likeness (QED) is 0.497. The van der Waals surface area contributed by atoms with Gasteiger partial charge in [-0.05, 0) is 31.9 Å². The number of pyridine rings is 1. The molecule has 0 aromatic carbocycles. The lowest BCUT2D eigenvalue weighted by Crippen LogP contribution is -2.56. The van der Waals surface area contributed by atoms with Gasteiger partial charge in [0.2, 0.25) is 5.91 Å². The molecule has 0 aliphatic carbocycles. The molecule has 1 aliphatic rings. The summed E-state index contributed by atoms with van der Waals surface area (Å²) < 4.78 is 5.18. The van der Waals surface area contributed by atoms with Gasteiger partial charge in [0.25, 0.3) is 0 Å². The Balaban J connectivity index is 2.47. The number of esters is 1. The third kappa shape index (κ3) is 4.27. The lowest BCUT2D eigenvalue weighted by molar-refractivity contribution is -0.154. The number of ether oxygens (including phenoxy) is 1. The molecular weight excluding hydrogens is 334 g/mol. The number of ketones is 1. The number of hydrogen-bond donors (Lipinski definition) is 0. The van der Waals surface area contributed by atoms with Crippen molar-refractivity contribution >= 4 is 23.3 Å². The number of Topliss-reactive ketones (excluding diaryl/α,β-unsaturated/α-hetero) is 1. The van der Waals surface area contributed by atoms with Crippen molar-refractivity contribution in [2.45, 2.75) is 65.0 Å². The highest BCUT2D eigenvalue weighted by molar-refractivity contribution is 6.05. The van der Waals surface area contributed by atoms with Crippen LogP contribution in [0.3, 0.4) is 0 Å². The number of hydrazine groups is 1. The normalized spacial score (nSPS) is 18.8. The zero-order chi connectivity index (χ0) is 19.1. The maximum atomic E-state index is 12.8. The van der Waals surface area contributed by atoms with Crippen LogP contribution < -0.4 is 5.01 Å². The molecule has 1 aromatic rings. The molecule has 142 valence electrons. The monoisotopic (exact) mass is 361 g/mol. The number of carbonyl (C=O) groups excluding carboxylic acids is 3. The number of carbonyl (C=O) groups is 3. The molecular formula is C19H27N3O4. The largest absolute Gasteiger partial charge is 0.464 e. The molecule has 1 aliphatic heterocycles. The molecule has 1 aromatic heterocycles. The fraction of sp³-hybridized carbons (Fsp3) is 0.579. The van der Waals surface area contributed by atoms with E-state index >= 15 is 0 Å². The summed E-state index contributed by atoms with van der Waals surface area (Å²) in [5.41, 5.74) is 0.599. The van der Waals surface area contributed by atoms with Crippen LogP contribution in [0.15, 0.2) is 24.5 Å². The van der Waals surface area contributed by atoms with Crippen molar-refractivity contribution in [3.05, 3.63) is 24.5 Å². The molecule has 2 unspecified atom stereocenters. The van der Waals surface area contributed by atoms with Crippen LogP contribution in [0.2, 0.25) is 0 Å². The second-order valence-electron chi connectivity index (χ2n) is 6.31. The van der Waals surface area contributed by atoms with Gasteiger partial charge in [-0.15, -0.1) is 0 Å². The summed E-state index contributed by atoms with van der Waals surface area (Å²) in [6.45, 7) is 5.80. The average Bonchev–Trinajstić information content (AvgIpc) is 2.92. The Labute approximate surface area is 154 Å². The van der Waals surface area contributed by atoms with Crippen LogP contribution in [-0.2, 0) is 19.1 Å². The molecule has 0 radical (unpaired) electrons. The molecule has 7 nitrogen and oxygen atoms in total. The molecule has 0 bridgehead atoms. The maximum Gasteiger partial charge on any atom is 0.332 e. The molecule has 26 heavy (non-hydrogen) atoms. The van der Waals surface area contributed by atoms with E-state index in [-0.39, 0.29) is 37.2 Å². The lowest BCUT2D eigenvalue weighted by Gasteiger charge is -2.36. The SMILES string of the molecule is CCCC(=O)C(C(=O)OCC)N1C(CCC)CC(=O)N1c1ccncc1. The Hall–Kier alpha value is -2.28. The van der Waals surface area contributed by atoms with Gasteiger partial charge in [-0.3, -0.25) is 14.6 Å². The van der Waals surface area contributed by atoms with E-state index in [9.17, 15) is 14.4 Å². The van der Waals surface area contributed by atoms with Crippen molar-refractivity contribution < 1.29 is 19.1 Å². The molecule has 2 rings (SSSR count). The van der Waals surface area contributed by atoms with E-state index < -0.39 is 12.0 Å². The van der Waals surface area contributed by atoms with Gasteiger partial charge < -0.3 is 4.74 Å². The van der Waals surface area contributed by atoms with Gasteiger partial charge in [-0.1, -0.05) is 20.3 Å². The van der Waals surface area contributed by atoms with E-state index in [1.807, 2.05) is 13.8 Å². The van der Waals surface area contributed by atoms with Crippen LogP contribution >= 0.6 is 0 Å². The Kier molecular flexibility index (Phi) is 7.26. The van der Waals surface area contributed by atoms with Crippen LogP contribution in [0.1, 0.15) is 52.9 Å². The van der Waals surface area contributed by atoms with Crippen LogP contribution in [0.4, 0.5) is 5.69 Å². The van der Waals surface area contributed by atoms with Gasteiger partial charge in [-0.2, -0.15) is 5.01 Å². The van der Waals surface area contributed by atoms with Gasteiger partial charge >= 0.3 is 5.97 Å². The van der Waals surface area contributed by atoms with Gasteiger partial charge in [0, 0.05) is 31.3 Å². The topological polar surface area (TPSA) is 79.8 Å². The molecule has 0 N–H and O–H groups in total. The predicted molar refractivity (Wildman–Crippen MR) is 97.2 cm³/mol. The van der Waals surface area contributed by atoms with Crippen LogP contribution in [0.5, 0.6) is 0 Å². The van der Waals surface area contributed by atoms with Crippen LogP contribution in [-0.4, -0.2) is 46.3 Å². The standard InChI is InChI=1S/C19H27N3O4/c1-4-7-15-13-17(24)21(14-9-11-20-12-10-14)22(15)18(16(23)8-5-2)19(25)26-6-3/h9-12,15,18H,4-8,13H2,1-3H3. The second-order valence-corrected chi connectivity index (χ2v) is 6.31. The van der Waals surface area contributed by atoms with E-state index in [1.54, 1.807) is 36.5 Å². The maximum absolute atomic E-state index is 12.8. The summed E-state index contributed by atoms with van der Waals surface area (Å²) >= 11 is 0. The summed E-state index contributed by atoms with van der Waals surface area (Å²) in [7, 11) is 0. The minimum absolute atomic E-state index is 0.131. The molecule has 1 saturated heterocycles. The summed E-state index contributed by atoms with van der Waals surface area (Å²) in [5.74, 6) is -0.949.